The molecule has 6 nitrogen and oxygen atoms in total. The SMILES string of the molecule is CCn1c([C@@H](C)NC(=O)c2cnc(N)c(Cl)c2)nc2ccccc21. The number of fused-ring (bicyclic) bond motifs is 1. The number of aromatic nitrogens is 3. The Bertz CT molecular complexity index is 905. The molecule has 0 unspecified atom stereocenters. The largest absolute Gasteiger partial charge is 0.382 e. The van der Waals surface area contributed by atoms with Gasteiger partial charge in [-0.1, -0.05) is 23.7 Å². The van der Waals surface area contributed by atoms with Crippen molar-refractivity contribution in [2.75, 3.05) is 5.73 Å². The van der Waals surface area contributed by atoms with Crippen molar-refractivity contribution >= 4 is 34.4 Å². The van der Waals surface area contributed by atoms with Gasteiger partial charge in [0.25, 0.3) is 5.91 Å². The van der Waals surface area contributed by atoms with Gasteiger partial charge in [0, 0.05) is 12.7 Å². The lowest BCUT2D eigenvalue weighted by atomic mass is 10.2. The van der Waals surface area contributed by atoms with E-state index < -0.39 is 0 Å². The number of amides is 1. The Morgan fingerprint density at radius 3 is 2.88 bits per heavy atom. The molecule has 124 valence electrons. The number of nitrogen functional groups attached to an aromatic ring is 1. The number of nitrogens with zero attached hydrogens (tertiary/aromatic N) is 3. The predicted octanol–water partition coefficient (Wildman–Crippen LogP) is 3.18. The molecule has 7 heteroatoms. The van der Waals surface area contributed by atoms with E-state index >= 15 is 0 Å². The molecule has 3 aromatic rings. The van der Waals surface area contributed by atoms with Gasteiger partial charge in [0.2, 0.25) is 0 Å². The number of hydrogen-bond donors (Lipinski definition) is 2. The first-order chi connectivity index (χ1) is 11.5. The summed E-state index contributed by atoms with van der Waals surface area (Å²) >= 11 is 5.93. The minimum Gasteiger partial charge on any atom is -0.382 e. The molecule has 24 heavy (non-hydrogen) atoms. The van der Waals surface area contributed by atoms with Gasteiger partial charge in [0.15, 0.2) is 0 Å². The maximum absolute atomic E-state index is 12.4. The van der Waals surface area contributed by atoms with Crippen LogP contribution in [0.4, 0.5) is 5.82 Å². The summed E-state index contributed by atoms with van der Waals surface area (Å²) in [5.74, 6) is 0.738. The summed E-state index contributed by atoms with van der Waals surface area (Å²) in [6, 6.07) is 9.15. The molecule has 0 aliphatic rings. The standard InChI is InChI=1S/C17H18ClN5O/c1-3-23-14-7-5-4-6-13(14)22-16(23)10(2)21-17(24)11-8-12(18)15(19)20-9-11/h4-10H,3H2,1-2H3,(H2,19,20)(H,21,24)/t10-/m1/s1. The molecule has 2 aromatic heterocycles. The minimum atomic E-state index is -0.272. The zero-order chi connectivity index (χ0) is 17.3. The van der Waals surface area contributed by atoms with E-state index in [9.17, 15) is 4.79 Å². The van der Waals surface area contributed by atoms with Gasteiger partial charge in [-0.15, -0.1) is 0 Å². The first-order valence-electron chi connectivity index (χ1n) is 7.68. The van der Waals surface area contributed by atoms with Crippen LogP contribution in [0.5, 0.6) is 0 Å². The van der Waals surface area contributed by atoms with Gasteiger partial charge >= 0.3 is 0 Å². The van der Waals surface area contributed by atoms with Crippen molar-refractivity contribution in [2.24, 2.45) is 0 Å². The summed E-state index contributed by atoms with van der Waals surface area (Å²) in [7, 11) is 0. The van der Waals surface area contributed by atoms with Gasteiger partial charge in [-0.05, 0) is 32.0 Å². The van der Waals surface area contributed by atoms with Crippen molar-refractivity contribution in [1.29, 1.82) is 0 Å². The van der Waals surface area contributed by atoms with Crippen LogP contribution >= 0.6 is 11.6 Å². The van der Waals surface area contributed by atoms with Gasteiger partial charge in [0.1, 0.15) is 11.6 Å². The zero-order valence-corrected chi connectivity index (χ0v) is 14.2. The fourth-order valence-corrected chi connectivity index (χ4v) is 2.84. The van der Waals surface area contributed by atoms with E-state index in [1.165, 1.54) is 12.3 Å². The molecule has 1 aromatic carbocycles. The van der Waals surface area contributed by atoms with Crippen LogP contribution in [0.1, 0.15) is 36.1 Å². The zero-order valence-electron chi connectivity index (χ0n) is 13.5. The molecule has 0 fully saturated rings. The fraction of sp³-hybridized carbons (Fsp3) is 0.235. The lowest BCUT2D eigenvalue weighted by Crippen LogP contribution is -2.28. The van der Waals surface area contributed by atoms with E-state index in [0.717, 1.165) is 23.4 Å². The number of imidazole rings is 1. The normalized spacial score (nSPS) is 12.3. The summed E-state index contributed by atoms with van der Waals surface area (Å²) < 4.78 is 2.09. The first-order valence-corrected chi connectivity index (χ1v) is 8.06. The van der Waals surface area contributed by atoms with Crippen molar-refractivity contribution in [3.8, 4) is 0 Å². The van der Waals surface area contributed by atoms with Crippen molar-refractivity contribution < 1.29 is 4.79 Å². The maximum atomic E-state index is 12.4. The highest BCUT2D eigenvalue weighted by molar-refractivity contribution is 6.33. The summed E-state index contributed by atoms with van der Waals surface area (Å²) in [5, 5.41) is 3.19. The number of rotatable bonds is 4. The maximum Gasteiger partial charge on any atom is 0.253 e. The van der Waals surface area contributed by atoms with Crippen LogP contribution < -0.4 is 11.1 Å². The number of carbonyl (C=O) groups excluding carboxylic acids is 1. The van der Waals surface area contributed by atoms with E-state index in [1.807, 2.05) is 31.2 Å². The number of nitrogens with two attached hydrogens (primary N) is 1. The molecule has 1 amide bonds. The van der Waals surface area contributed by atoms with Crippen LogP contribution in [-0.2, 0) is 6.54 Å². The monoisotopic (exact) mass is 343 g/mol. The van der Waals surface area contributed by atoms with Crippen molar-refractivity contribution in [1.82, 2.24) is 19.9 Å². The Morgan fingerprint density at radius 1 is 1.42 bits per heavy atom. The fourth-order valence-electron chi connectivity index (χ4n) is 2.67. The number of anilines is 1. The van der Waals surface area contributed by atoms with Gasteiger partial charge in [0.05, 0.1) is 27.7 Å². The highest BCUT2D eigenvalue weighted by Gasteiger charge is 2.18. The van der Waals surface area contributed by atoms with Crippen LogP contribution in [0.25, 0.3) is 11.0 Å². The Labute approximate surface area is 144 Å². The highest BCUT2D eigenvalue weighted by atomic mass is 35.5. The van der Waals surface area contributed by atoms with Crippen molar-refractivity contribution in [2.45, 2.75) is 26.4 Å². The Balaban J connectivity index is 1.88. The summed E-state index contributed by atoms with van der Waals surface area (Å²) in [5.41, 5.74) is 7.89. The molecule has 0 aliphatic carbocycles. The van der Waals surface area contributed by atoms with Crippen LogP contribution in [0.3, 0.4) is 0 Å². The van der Waals surface area contributed by atoms with Crippen molar-refractivity contribution in [3.63, 3.8) is 0 Å². The smallest absolute Gasteiger partial charge is 0.253 e. The quantitative estimate of drug-likeness (QED) is 0.761. The number of hydrogen-bond acceptors (Lipinski definition) is 4. The van der Waals surface area contributed by atoms with Gasteiger partial charge in [-0.3, -0.25) is 4.79 Å². The number of carbonyl (C=O) groups is 1. The molecule has 3 N–H and O–H groups in total. The molecule has 0 bridgehead atoms. The number of halogens is 1. The van der Waals surface area contributed by atoms with Gasteiger partial charge in [-0.2, -0.15) is 0 Å². The van der Waals surface area contributed by atoms with Gasteiger partial charge < -0.3 is 15.6 Å². The Kier molecular flexibility index (Phi) is 4.40. The molecule has 2 heterocycles. The molecule has 0 aliphatic heterocycles. The molecule has 0 spiro atoms. The van der Waals surface area contributed by atoms with E-state index in [-0.39, 0.29) is 22.8 Å². The average molecular weight is 344 g/mol. The number of pyridine rings is 1. The molecule has 0 radical (unpaired) electrons. The second-order valence-corrected chi connectivity index (χ2v) is 5.90. The number of benzene rings is 1. The minimum absolute atomic E-state index is 0.203. The van der Waals surface area contributed by atoms with E-state index in [1.54, 1.807) is 0 Å². The number of aryl methyl sites for hydroxylation is 1. The number of para-hydroxylation sites is 2. The molecule has 3 rings (SSSR count). The molecular formula is C17H18ClN5O. The summed E-state index contributed by atoms with van der Waals surface area (Å²) in [6.45, 7) is 4.72. The topological polar surface area (TPSA) is 85.8 Å². The van der Waals surface area contributed by atoms with Crippen LogP contribution in [0.15, 0.2) is 36.5 Å². The Morgan fingerprint density at radius 2 is 2.17 bits per heavy atom. The molecule has 0 saturated carbocycles. The van der Waals surface area contributed by atoms with Gasteiger partial charge in [-0.25, -0.2) is 9.97 Å². The highest BCUT2D eigenvalue weighted by Crippen LogP contribution is 2.22. The molecule has 0 saturated heterocycles. The van der Waals surface area contributed by atoms with E-state index in [4.69, 9.17) is 17.3 Å². The number of nitrogens with one attached hydrogen (secondary N) is 1. The lowest BCUT2D eigenvalue weighted by molar-refractivity contribution is 0.0937. The van der Waals surface area contributed by atoms with Crippen molar-refractivity contribution in [3.05, 3.63) is 52.9 Å². The summed E-state index contributed by atoms with van der Waals surface area (Å²) in [6.07, 6.45) is 1.41. The Hall–Kier alpha value is -2.60. The van der Waals surface area contributed by atoms with Crippen LogP contribution in [0, 0.1) is 0 Å². The van der Waals surface area contributed by atoms with Crippen LogP contribution in [-0.4, -0.2) is 20.4 Å². The average Bonchev–Trinajstić information content (AvgIpc) is 2.96. The predicted molar refractivity (Wildman–Crippen MR) is 94.9 cm³/mol. The third-order valence-corrected chi connectivity index (χ3v) is 4.17. The van der Waals surface area contributed by atoms with E-state index in [0.29, 0.717) is 5.56 Å². The third kappa shape index (κ3) is 2.92. The third-order valence-electron chi connectivity index (χ3n) is 3.87. The lowest BCUT2D eigenvalue weighted by Gasteiger charge is -2.15. The molecular weight excluding hydrogens is 326 g/mol. The second-order valence-electron chi connectivity index (χ2n) is 5.49. The van der Waals surface area contributed by atoms with Crippen LogP contribution in [0.2, 0.25) is 5.02 Å². The van der Waals surface area contributed by atoms with E-state index in [2.05, 4.69) is 26.8 Å². The second kappa shape index (κ2) is 6.49. The molecule has 1 atom stereocenters. The first kappa shape index (κ1) is 16.3. The summed E-state index contributed by atoms with van der Waals surface area (Å²) in [4.78, 5) is 21.0.